The van der Waals surface area contributed by atoms with Gasteiger partial charge in [0.05, 0.1) is 12.6 Å². The van der Waals surface area contributed by atoms with Crippen molar-refractivity contribution in [1.29, 1.82) is 0 Å². The second-order valence-electron chi connectivity index (χ2n) is 4.15. The SMILES string of the molecule is CC1SCCSC1C(NN)C1=CCCCO1. The Bertz CT molecular complexity index is 260. The van der Waals surface area contributed by atoms with Crippen LogP contribution < -0.4 is 11.3 Å². The molecule has 3 atom stereocenters. The van der Waals surface area contributed by atoms with Gasteiger partial charge in [-0.1, -0.05) is 6.92 Å². The van der Waals surface area contributed by atoms with E-state index in [0.717, 1.165) is 25.2 Å². The molecule has 16 heavy (non-hydrogen) atoms. The molecule has 3 unspecified atom stereocenters. The third-order valence-corrected chi connectivity index (χ3v) is 6.21. The molecule has 5 heteroatoms. The van der Waals surface area contributed by atoms with Crippen LogP contribution in [0.5, 0.6) is 0 Å². The Kier molecular flexibility index (Phi) is 4.88. The molecular formula is C11H20N2OS2. The summed E-state index contributed by atoms with van der Waals surface area (Å²) < 4.78 is 5.73. The zero-order valence-electron chi connectivity index (χ0n) is 9.65. The fourth-order valence-electron chi connectivity index (χ4n) is 2.15. The smallest absolute Gasteiger partial charge is 0.111 e. The lowest BCUT2D eigenvalue weighted by atomic mass is 10.1. The fraction of sp³-hybridized carbons (Fsp3) is 0.818. The maximum atomic E-state index is 5.73. The minimum Gasteiger partial charge on any atom is -0.496 e. The van der Waals surface area contributed by atoms with E-state index in [2.05, 4.69) is 18.4 Å². The summed E-state index contributed by atoms with van der Waals surface area (Å²) >= 11 is 4.05. The first kappa shape index (κ1) is 12.6. The third-order valence-electron chi connectivity index (χ3n) is 3.01. The highest BCUT2D eigenvalue weighted by Gasteiger charge is 2.33. The molecule has 3 nitrogen and oxygen atoms in total. The quantitative estimate of drug-likeness (QED) is 0.598. The average molecular weight is 260 g/mol. The van der Waals surface area contributed by atoms with E-state index < -0.39 is 0 Å². The summed E-state index contributed by atoms with van der Waals surface area (Å²) in [7, 11) is 0. The van der Waals surface area contributed by atoms with Crippen LogP contribution in [0.4, 0.5) is 0 Å². The van der Waals surface area contributed by atoms with Crippen LogP contribution in [0, 0.1) is 0 Å². The zero-order chi connectivity index (χ0) is 11.4. The van der Waals surface area contributed by atoms with Crippen molar-refractivity contribution in [2.45, 2.75) is 36.3 Å². The van der Waals surface area contributed by atoms with Gasteiger partial charge in [0, 0.05) is 22.0 Å². The second kappa shape index (κ2) is 6.19. The Labute approximate surface area is 106 Å². The maximum absolute atomic E-state index is 5.73. The first-order chi connectivity index (χ1) is 7.83. The van der Waals surface area contributed by atoms with Crippen molar-refractivity contribution in [2.24, 2.45) is 5.84 Å². The van der Waals surface area contributed by atoms with Gasteiger partial charge in [-0.3, -0.25) is 5.84 Å². The lowest BCUT2D eigenvalue weighted by Gasteiger charge is -2.35. The van der Waals surface area contributed by atoms with Crippen molar-refractivity contribution in [3.8, 4) is 0 Å². The Morgan fingerprint density at radius 3 is 2.94 bits per heavy atom. The lowest BCUT2D eigenvalue weighted by molar-refractivity contribution is 0.166. The van der Waals surface area contributed by atoms with E-state index in [1.807, 2.05) is 23.5 Å². The molecule has 0 bridgehead atoms. The number of nitrogens with one attached hydrogen (secondary N) is 1. The summed E-state index contributed by atoms with van der Waals surface area (Å²) in [5.74, 6) is 9.22. The van der Waals surface area contributed by atoms with Crippen LogP contribution in [0.25, 0.3) is 0 Å². The maximum Gasteiger partial charge on any atom is 0.111 e. The van der Waals surface area contributed by atoms with Crippen molar-refractivity contribution < 1.29 is 4.74 Å². The number of allylic oxidation sites excluding steroid dienone is 1. The lowest BCUT2D eigenvalue weighted by Crippen LogP contribution is -2.49. The van der Waals surface area contributed by atoms with Crippen LogP contribution in [-0.4, -0.2) is 34.7 Å². The van der Waals surface area contributed by atoms with Gasteiger partial charge in [0.1, 0.15) is 5.76 Å². The molecule has 0 aromatic carbocycles. The minimum atomic E-state index is 0.174. The van der Waals surface area contributed by atoms with Crippen LogP contribution in [-0.2, 0) is 4.74 Å². The van der Waals surface area contributed by atoms with Gasteiger partial charge in [0.25, 0.3) is 0 Å². The molecule has 2 aliphatic rings. The molecule has 2 heterocycles. The third kappa shape index (κ3) is 2.88. The molecule has 92 valence electrons. The van der Waals surface area contributed by atoms with Crippen LogP contribution in [0.1, 0.15) is 19.8 Å². The summed E-state index contributed by atoms with van der Waals surface area (Å²) in [6.45, 7) is 3.12. The number of hydrogen-bond acceptors (Lipinski definition) is 5. The fourth-order valence-corrected chi connectivity index (χ4v) is 5.06. The van der Waals surface area contributed by atoms with Crippen molar-refractivity contribution >= 4 is 23.5 Å². The number of rotatable bonds is 3. The average Bonchev–Trinajstić information content (AvgIpc) is 2.34. The first-order valence-electron chi connectivity index (χ1n) is 5.85. The number of hydrazine groups is 1. The van der Waals surface area contributed by atoms with Gasteiger partial charge in [-0.25, -0.2) is 5.43 Å². The van der Waals surface area contributed by atoms with Gasteiger partial charge in [-0.2, -0.15) is 23.5 Å². The van der Waals surface area contributed by atoms with Crippen molar-refractivity contribution in [3.05, 3.63) is 11.8 Å². The van der Waals surface area contributed by atoms with E-state index in [4.69, 9.17) is 10.6 Å². The number of hydrogen-bond donors (Lipinski definition) is 2. The summed E-state index contributed by atoms with van der Waals surface area (Å²) in [5, 5.41) is 1.15. The van der Waals surface area contributed by atoms with Crippen LogP contribution in [0.3, 0.4) is 0 Å². The van der Waals surface area contributed by atoms with Crippen LogP contribution in [0.2, 0.25) is 0 Å². The molecular weight excluding hydrogens is 240 g/mol. The van der Waals surface area contributed by atoms with E-state index in [-0.39, 0.29) is 6.04 Å². The summed E-state index contributed by atoms with van der Waals surface area (Å²) in [6.07, 6.45) is 4.44. The Balaban J connectivity index is 2.05. The highest BCUT2D eigenvalue weighted by atomic mass is 32.2. The van der Waals surface area contributed by atoms with Gasteiger partial charge >= 0.3 is 0 Å². The van der Waals surface area contributed by atoms with Gasteiger partial charge in [-0.05, 0) is 18.9 Å². The van der Waals surface area contributed by atoms with Gasteiger partial charge in [0.15, 0.2) is 0 Å². The Morgan fingerprint density at radius 2 is 2.31 bits per heavy atom. The molecule has 1 fully saturated rings. The molecule has 0 amide bonds. The largest absolute Gasteiger partial charge is 0.496 e. The Morgan fingerprint density at radius 1 is 1.50 bits per heavy atom. The van der Waals surface area contributed by atoms with E-state index in [1.165, 1.54) is 11.5 Å². The molecule has 0 spiro atoms. The van der Waals surface area contributed by atoms with Crippen molar-refractivity contribution in [2.75, 3.05) is 18.1 Å². The van der Waals surface area contributed by atoms with Crippen LogP contribution >= 0.6 is 23.5 Å². The highest BCUT2D eigenvalue weighted by Crippen LogP contribution is 2.35. The van der Waals surface area contributed by atoms with Gasteiger partial charge in [0.2, 0.25) is 0 Å². The number of nitrogens with two attached hydrogens (primary N) is 1. The number of ether oxygens (including phenoxy) is 1. The Hall–Kier alpha value is 0.160. The monoisotopic (exact) mass is 260 g/mol. The first-order valence-corrected chi connectivity index (χ1v) is 7.95. The predicted octanol–water partition coefficient (Wildman–Crippen LogP) is 1.75. The molecule has 2 rings (SSSR count). The zero-order valence-corrected chi connectivity index (χ0v) is 11.3. The summed E-state index contributed by atoms with van der Waals surface area (Å²) in [5.41, 5.74) is 2.94. The van der Waals surface area contributed by atoms with Crippen molar-refractivity contribution in [3.63, 3.8) is 0 Å². The van der Waals surface area contributed by atoms with Gasteiger partial charge < -0.3 is 4.74 Å². The molecule has 3 N–H and O–H groups in total. The van der Waals surface area contributed by atoms with Gasteiger partial charge in [-0.15, -0.1) is 0 Å². The molecule has 1 saturated heterocycles. The van der Waals surface area contributed by atoms with Crippen molar-refractivity contribution in [1.82, 2.24) is 5.43 Å². The normalized spacial score (nSPS) is 32.8. The predicted molar refractivity (Wildman–Crippen MR) is 72.5 cm³/mol. The van der Waals surface area contributed by atoms with E-state index in [1.54, 1.807) is 0 Å². The molecule has 0 aromatic rings. The number of thioether (sulfide) groups is 2. The molecule has 0 aromatic heterocycles. The summed E-state index contributed by atoms with van der Waals surface area (Å²) in [4.78, 5) is 0. The molecule has 0 saturated carbocycles. The molecule has 2 aliphatic heterocycles. The van der Waals surface area contributed by atoms with E-state index >= 15 is 0 Å². The van der Waals surface area contributed by atoms with E-state index in [0.29, 0.717) is 10.5 Å². The summed E-state index contributed by atoms with van der Waals surface area (Å²) in [6, 6.07) is 0.174. The second-order valence-corrected chi connectivity index (χ2v) is 6.92. The minimum absolute atomic E-state index is 0.174. The highest BCUT2D eigenvalue weighted by molar-refractivity contribution is 8.07. The molecule has 0 aliphatic carbocycles. The van der Waals surface area contributed by atoms with Crippen LogP contribution in [0.15, 0.2) is 11.8 Å². The van der Waals surface area contributed by atoms with E-state index in [9.17, 15) is 0 Å². The molecule has 0 radical (unpaired) electrons. The standard InChI is InChI=1S/C11H20N2OS2/c1-8-11(16-7-6-15-8)10(13-12)9-4-2-3-5-14-9/h4,8,10-11,13H,2-3,5-7,12H2,1H3. The topological polar surface area (TPSA) is 47.3 Å².